The molecule has 3 saturated carbocycles. The number of methoxy groups -OCH3 is 1. The van der Waals surface area contributed by atoms with Gasteiger partial charge in [0.15, 0.2) is 5.79 Å². The number of epoxide rings is 1. The van der Waals surface area contributed by atoms with Crippen molar-refractivity contribution >= 4 is 17.9 Å². The van der Waals surface area contributed by atoms with E-state index in [0.717, 1.165) is 5.56 Å². The van der Waals surface area contributed by atoms with Gasteiger partial charge in [0.25, 0.3) is 0 Å². The van der Waals surface area contributed by atoms with Crippen molar-refractivity contribution < 1.29 is 47.6 Å². The van der Waals surface area contributed by atoms with Gasteiger partial charge < -0.3 is 33.2 Å². The van der Waals surface area contributed by atoms with Gasteiger partial charge in [-0.25, -0.2) is 0 Å². The molecule has 8 rings (SSSR count). The molecule has 13 atom stereocenters. The van der Waals surface area contributed by atoms with Crippen LogP contribution in [0.15, 0.2) is 23.0 Å². The molecule has 3 aliphatic carbocycles. The van der Waals surface area contributed by atoms with Crippen molar-refractivity contribution in [2.75, 3.05) is 13.7 Å². The average molecular weight is 587 g/mol. The molecule has 1 aromatic heterocycles. The number of esters is 3. The van der Waals surface area contributed by atoms with Crippen LogP contribution in [0.4, 0.5) is 0 Å². The summed E-state index contributed by atoms with van der Waals surface area (Å²) < 4.78 is 36.2. The van der Waals surface area contributed by atoms with Crippen molar-refractivity contribution in [1.29, 1.82) is 0 Å². The molecule has 4 aliphatic heterocycles. The standard InChI is InChI=1S/C32H42O10/c1-7-16(2)27(35)41-25-23-26-31(42-26)18(30(5)19(12-21(33)37-6)29(25,4)15-39-32(23,30)36)8-10-28(3)20(31)13-22(34)40-24(28)17-9-11-38-14-17/h9,11,14,16,18-20,23-26,36H,7-8,10,12-13,15H2,1-6H3/t16?,18-,19+,20-,23-,24+,25-,26-,28-,29+,30-,31-,32-/m1/s1. The van der Waals surface area contributed by atoms with Gasteiger partial charge in [0.1, 0.15) is 17.8 Å². The summed E-state index contributed by atoms with van der Waals surface area (Å²) in [5.41, 5.74) is -2.15. The normalized spacial score (nSPS) is 50.5. The van der Waals surface area contributed by atoms with Crippen molar-refractivity contribution in [2.24, 2.45) is 45.8 Å². The lowest BCUT2D eigenvalue weighted by atomic mass is 9.34. The van der Waals surface area contributed by atoms with Gasteiger partial charge in [-0.1, -0.05) is 34.6 Å². The van der Waals surface area contributed by atoms with Gasteiger partial charge in [-0.05, 0) is 31.2 Å². The third kappa shape index (κ3) is 3.19. The summed E-state index contributed by atoms with van der Waals surface area (Å²) in [7, 11) is 1.36. The van der Waals surface area contributed by atoms with E-state index in [9.17, 15) is 19.5 Å². The van der Waals surface area contributed by atoms with Crippen LogP contribution < -0.4 is 0 Å². The van der Waals surface area contributed by atoms with Gasteiger partial charge in [0, 0.05) is 40.1 Å². The molecule has 1 aromatic rings. The van der Waals surface area contributed by atoms with Crippen molar-refractivity contribution in [3.8, 4) is 0 Å². The molecule has 42 heavy (non-hydrogen) atoms. The number of furan rings is 1. The molecular weight excluding hydrogens is 544 g/mol. The first-order chi connectivity index (χ1) is 19.8. The minimum atomic E-state index is -1.70. The van der Waals surface area contributed by atoms with Crippen molar-refractivity contribution in [3.05, 3.63) is 24.2 Å². The zero-order chi connectivity index (χ0) is 30.0. The Labute approximate surface area is 245 Å². The third-order valence-corrected chi connectivity index (χ3v) is 12.9. The maximum Gasteiger partial charge on any atom is 0.308 e. The molecule has 4 bridgehead atoms. The lowest BCUT2D eigenvalue weighted by Gasteiger charge is -2.74. The summed E-state index contributed by atoms with van der Waals surface area (Å²) in [4.78, 5) is 39.5. The zero-order valence-corrected chi connectivity index (χ0v) is 25.2. The maximum absolute atomic E-state index is 13.3. The molecule has 10 nitrogen and oxygen atoms in total. The van der Waals surface area contributed by atoms with Gasteiger partial charge >= 0.3 is 17.9 Å². The Morgan fingerprint density at radius 2 is 1.95 bits per heavy atom. The molecule has 5 heterocycles. The first-order valence-corrected chi connectivity index (χ1v) is 15.4. The fourth-order valence-electron chi connectivity index (χ4n) is 10.5. The summed E-state index contributed by atoms with van der Waals surface area (Å²) in [5.74, 6) is -4.63. The molecule has 1 unspecified atom stereocenters. The van der Waals surface area contributed by atoms with Crippen LogP contribution >= 0.6 is 0 Å². The van der Waals surface area contributed by atoms with Crippen LogP contribution in [0.5, 0.6) is 0 Å². The summed E-state index contributed by atoms with van der Waals surface area (Å²) >= 11 is 0. The molecule has 1 N–H and O–H groups in total. The van der Waals surface area contributed by atoms with E-state index in [-0.39, 0.29) is 49.1 Å². The van der Waals surface area contributed by atoms with Crippen LogP contribution in [-0.2, 0) is 38.1 Å². The van der Waals surface area contributed by atoms with Gasteiger partial charge in [0.2, 0.25) is 0 Å². The van der Waals surface area contributed by atoms with Crippen molar-refractivity contribution in [3.63, 3.8) is 0 Å². The van der Waals surface area contributed by atoms with Crippen LogP contribution in [0.25, 0.3) is 0 Å². The van der Waals surface area contributed by atoms with E-state index in [1.807, 2.05) is 33.8 Å². The fraction of sp³-hybridized carbons (Fsp3) is 0.781. The first kappa shape index (κ1) is 28.3. The molecule has 230 valence electrons. The lowest BCUT2D eigenvalue weighted by Crippen LogP contribution is -2.83. The highest BCUT2D eigenvalue weighted by Crippen LogP contribution is 2.82. The van der Waals surface area contributed by atoms with E-state index in [2.05, 4.69) is 6.92 Å². The van der Waals surface area contributed by atoms with Gasteiger partial charge in [-0.3, -0.25) is 14.4 Å². The van der Waals surface area contributed by atoms with Crippen LogP contribution in [0.3, 0.4) is 0 Å². The maximum atomic E-state index is 13.3. The predicted molar refractivity (Wildman–Crippen MR) is 144 cm³/mol. The van der Waals surface area contributed by atoms with E-state index in [1.165, 1.54) is 7.11 Å². The van der Waals surface area contributed by atoms with E-state index < -0.39 is 63.8 Å². The Morgan fingerprint density at radius 1 is 1.19 bits per heavy atom. The second-order valence-electron chi connectivity index (χ2n) is 14.5. The fourth-order valence-corrected chi connectivity index (χ4v) is 10.5. The molecule has 4 saturated heterocycles. The number of carbonyl (C=O) groups excluding carboxylic acids is 3. The Kier molecular flexibility index (Phi) is 5.95. The summed E-state index contributed by atoms with van der Waals surface area (Å²) in [5, 5.41) is 12.7. The number of ether oxygens (including phenoxy) is 5. The second kappa shape index (κ2) is 8.82. The quantitative estimate of drug-likeness (QED) is 0.297. The molecule has 7 fully saturated rings. The highest BCUT2D eigenvalue weighted by molar-refractivity contribution is 5.73. The largest absolute Gasteiger partial charge is 0.472 e. The molecule has 7 aliphatic rings. The Morgan fingerprint density at radius 3 is 2.62 bits per heavy atom. The van der Waals surface area contributed by atoms with Crippen molar-refractivity contribution in [1.82, 2.24) is 0 Å². The van der Waals surface area contributed by atoms with Crippen LogP contribution in [0.1, 0.15) is 78.4 Å². The summed E-state index contributed by atoms with van der Waals surface area (Å²) in [6.07, 6.45) is 3.69. The number of fused-ring (bicyclic) bond motifs is 2. The van der Waals surface area contributed by atoms with Crippen LogP contribution in [0, 0.1) is 45.8 Å². The highest BCUT2D eigenvalue weighted by Gasteiger charge is 2.91. The average Bonchev–Trinajstić information content (AvgIpc) is 3.41. The Hall–Kier alpha value is -2.43. The van der Waals surface area contributed by atoms with Crippen LogP contribution in [0.2, 0.25) is 0 Å². The van der Waals surface area contributed by atoms with Gasteiger partial charge in [-0.15, -0.1) is 0 Å². The van der Waals surface area contributed by atoms with Gasteiger partial charge in [-0.2, -0.15) is 0 Å². The van der Waals surface area contributed by atoms with E-state index in [4.69, 9.17) is 28.1 Å². The molecule has 10 heteroatoms. The summed E-state index contributed by atoms with van der Waals surface area (Å²) in [6.45, 7) is 10.1. The number of cyclic esters (lactones) is 1. The summed E-state index contributed by atoms with van der Waals surface area (Å²) in [6, 6.07) is 1.84. The highest BCUT2D eigenvalue weighted by atomic mass is 16.7. The van der Waals surface area contributed by atoms with Crippen LogP contribution in [-0.4, -0.2) is 60.3 Å². The molecule has 0 radical (unpaired) electrons. The van der Waals surface area contributed by atoms with Crippen molar-refractivity contribution in [2.45, 2.75) is 96.4 Å². The minimum Gasteiger partial charge on any atom is -0.472 e. The lowest BCUT2D eigenvalue weighted by molar-refractivity contribution is -0.446. The van der Waals surface area contributed by atoms with E-state index in [1.54, 1.807) is 12.5 Å². The number of hydrogen-bond donors (Lipinski definition) is 1. The molecular formula is C32H42O10. The second-order valence-corrected chi connectivity index (χ2v) is 14.5. The van der Waals surface area contributed by atoms with E-state index in [0.29, 0.717) is 19.3 Å². The molecule has 1 spiro atoms. The third-order valence-electron chi connectivity index (χ3n) is 12.9. The first-order valence-electron chi connectivity index (χ1n) is 15.4. The SMILES string of the molecule is CCC(C)C(=O)O[C@@H]1[C@@H]2[C@H]3O[C@]34[C@@H]3CC(=O)O[C@@H](c5ccoc5)[C@]3(C)CC[C@@H]4[C@]3(C)[C@@H](CC(=O)OC)[C@]1(C)CO[C@]23O. The number of carbonyl (C=O) groups is 3. The monoisotopic (exact) mass is 586 g/mol. The van der Waals surface area contributed by atoms with E-state index >= 15 is 0 Å². The van der Waals surface area contributed by atoms with Gasteiger partial charge in [0.05, 0.1) is 50.6 Å². The Bertz CT molecular complexity index is 1310. The smallest absolute Gasteiger partial charge is 0.308 e. The number of rotatable bonds is 6. The number of aliphatic hydroxyl groups is 1. The predicted octanol–water partition coefficient (Wildman–Crippen LogP) is 3.95. The molecule has 0 amide bonds. The zero-order valence-electron chi connectivity index (χ0n) is 25.2. The molecule has 0 aromatic carbocycles. The topological polar surface area (TPSA) is 134 Å². The number of hydrogen-bond acceptors (Lipinski definition) is 10. The Balaban J connectivity index is 1.38. The minimum absolute atomic E-state index is 0.0398.